The summed E-state index contributed by atoms with van der Waals surface area (Å²) >= 11 is 4.04. The molecule has 3 N–H and O–H groups in total. The first-order valence-electron chi connectivity index (χ1n) is 0.855. The lowest BCUT2D eigenvalue weighted by molar-refractivity contribution is 0.599. The molecular weight excluding hydrogens is 119 g/mol. The summed E-state index contributed by atoms with van der Waals surface area (Å²) in [7, 11) is -0.682. The molecule has 34 valence electrons. The van der Waals surface area contributed by atoms with Crippen molar-refractivity contribution in [1.82, 2.24) is 6.15 Å². The van der Waals surface area contributed by atoms with Crippen molar-refractivity contribution in [3.8, 4) is 0 Å². The van der Waals surface area contributed by atoms with Gasteiger partial charge in [0.2, 0.25) is 0 Å². The quantitative estimate of drug-likeness (QED) is 0.323. The van der Waals surface area contributed by atoms with Gasteiger partial charge in [-0.25, -0.2) is 0 Å². The van der Waals surface area contributed by atoms with Gasteiger partial charge in [-0.15, -0.1) is 0 Å². The number of nitrogens with zero attached hydrogens (tertiary/aromatic N) is 1. The van der Waals surface area contributed by atoms with Crippen molar-refractivity contribution in [3.63, 3.8) is 0 Å². The number of rotatable bonds is 1. The van der Waals surface area contributed by atoms with E-state index in [1.807, 2.05) is 5.16 Å². The average molecular weight is 123 g/mol. The van der Waals surface area contributed by atoms with Crippen LogP contribution >= 0.6 is 20.8 Å². The molecule has 0 aliphatic heterocycles. The van der Waals surface area contributed by atoms with E-state index >= 15 is 0 Å². The molecule has 6 heavy (non-hydrogen) atoms. The van der Waals surface area contributed by atoms with E-state index in [-0.39, 0.29) is 6.15 Å². The largest absolute Gasteiger partial charge is 0.480 e. The first-order chi connectivity index (χ1) is 2.41. The van der Waals surface area contributed by atoms with E-state index in [0.717, 1.165) is 0 Å². The lowest BCUT2D eigenvalue weighted by atomic mass is 11.8. The summed E-state index contributed by atoms with van der Waals surface area (Å²) < 4.78 is 12.3. The van der Waals surface area contributed by atoms with Crippen LogP contribution in [0, 0.1) is 0 Å². The van der Waals surface area contributed by atoms with E-state index in [0.29, 0.717) is 0 Å². The highest BCUT2D eigenvalue weighted by atomic mass is 32.1. The smallest absolute Gasteiger partial charge is 0.344 e. The van der Waals surface area contributed by atoms with Crippen LogP contribution in [0.5, 0.6) is 0 Å². The van der Waals surface area contributed by atoms with Gasteiger partial charge in [0.15, 0.2) is 0 Å². The molecule has 0 saturated carbocycles. The zero-order chi connectivity index (χ0) is 4.12. The van der Waals surface area contributed by atoms with Crippen LogP contribution in [0.1, 0.15) is 0 Å². The fourth-order valence-electron chi connectivity index (χ4n) is 0.0186. The van der Waals surface area contributed by atoms with Gasteiger partial charge < -0.3 is 6.15 Å². The van der Waals surface area contributed by atoms with E-state index in [2.05, 4.69) is 17.0 Å². The maximum atomic E-state index is 9.26. The normalized spacial score (nSPS) is 5.33. The molecule has 5 heteroatoms. The highest BCUT2D eigenvalue weighted by Crippen LogP contribution is 1.85. The molecule has 0 fully saturated rings. The minimum atomic E-state index is -0.682. The zero-order valence-electron chi connectivity index (χ0n) is 2.97. The third-order valence-corrected chi connectivity index (χ3v) is 0.548. The standard InChI is InChI=1S/CNOPS.H3N/c3-4-2-1-5;/h;1H3/p+1. The molecule has 0 aromatic rings. The van der Waals surface area contributed by atoms with Crippen molar-refractivity contribution in [1.29, 1.82) is 0 Å². The summed E-state index contributed by atoms with van der Waals surface area (Å²) in [6, 6.07) is 0. The summed E-state index contributed by atoms with van der Waals surface area (Å²) in [4.78, 5) is 0. The predicted molar refractivity (Wildman–Crippen MR) is 29.0 cm³/mol. The van der Waals surface area contributed by atoms with Crippen molar-refractivity contribution in [2.45, 2.75) is 0 Å². The Morgan fingerprint density at radius 3 is 2.33 bits per heavy atom. The highest BCUT2D eigenvalue weighted by molar-refractivity contribution is 7.78. The number of isothiocyanates is 1. The molecule has 0 aromatic carbocycles. The van der Waals surface area contributed by atoms with Gasteiger partial charge >= 0.3 is 8.61 Å². The molecule has 3 nitrogen and oxygen atoms in total. The Hall–Kier alpha value is -0.140. The monoisotopic (exact) mass is 123 g/mol. The Morgan fingerprint density at radius 1 is 1.83 bits per heavy atom. The van der Waals surface area contributed by atoms with Crippen molar-refractivity contribution in [2.24, 2.45) is 4.76 Å². The zero-order valence-corrected chi connectivity index (χ0v) is 4.79. The summed E-state index contributed by atoms with van der Waals surface area (Å²) in [5, 5.41) is 1.93. The second-order valence-electron chi connectivity index (χ2n) is 0.294. The molecule has 0 amide bonds. The van der Waals surface area contributed by atoms with E-state index in [1.165, 1.54) is 0 Å². The highest BCUT2D eigenvalue weighted by Gasteiger charge is 1.63. The van der Waals surface area contributed by atoms with E-state index in [1.54, 1.807) is 0 Å². The van der Waals surface area contributed by atoms with Gasteiger partial charge in [-0.1, -0.05) is 0 Å². The Morgan fingerprint density at radius 2 is 2.33 bits per heavy atom. The minimum absolute atomic E-state index is 0. The first kappa shape index (κ1) is 9.29. The summed E-state index contributed by atoms with van der Waals surface area (Å²) in [5.74, 6) is 0. The third-order valence-electron chi connectivity index (χ3n) is 0.0913. The minimum Gasteiger partial charge on any atom is -0.344 e. The lowest BCUT2D eigenvalue weighted by Gasteiger charge is -1.25. The Labute approximate surface area is 42.3 Å². The van der Waals surface area contributed by atoms with Gasteiger partial charge in [-0.3, -0.25) is 0 Å². The first-order valence-corrected chi connectivity index (χ1v) is 2.12. The maximum Gasteiger partial charge on any atom is 0.480 e. The Balaban J connectivity index is 0. The molecule has 1 atom stereocenters. The van der Waals surface area contributed by atoms with Crippen molar-refractivity contribution in [3.05, 3.63) is 0 Å². The second kappa shape index (κ2) is 8.85. The summed E-state index contributed by atoms with van der Waals surface area (Å²) in [6.07, 6.45) is 0. The van der Waals surface area contributed by atoms with Gasteiger partial charge in [0, 0.05) is 4.76 Å². The van der Waals surface area contributed by atoms with Crippen LogP contribution in [0.3, 0.4) is 0 Å². The van der Waals surface area contributed by atoms with Crippen molar-refractivity contribution in [2.75, 3.05) is 0 Å². The molecule has 0 aliphatic carbocycles. The van der Waals surface area contributed by atoms with E-state index < -0.39 is 8.61 Å². The van der Waals surface area contributed by atoms with Crippen LogP contribution in [-0.2, 0) is 4.57 Å². The van der Waals surface area contributed by atoms with Crippen LogP contribution in [-0.4, -0.2) is 5.16 Å². The van der Waals surface area contributed by atoms with Gasteiger partial charge in [-0.2, -0.15) is 0 Å². The van der Waals surface area contributed by atoms with Gasteiger partial charge in [0.05, 0.1) is 0 Å². The van der Waals surface area contributed by atoms with Crippen LogP contribution in [0.2, 0.25) is 0 Å². The topological polar surface area (TPSA) is 64.4 Å². The molecule has 0 bridgehead atoms. The molecule has 0 spiro atoms. The Kier molecular flexibility index (Phi) is 13.7. The Bertz CT molecular complexity index is 77.6. The van der Waals surface area contributed by atoms with Gasteiger partial charge in [0.25, 0.3) is 0 Å². The fraction of sp³-hybridized carbons (Fsp3) is 0. The maximum absolute atomic E-state index is 9.26. The summed E-state index contributed by atoms with van der Waals surface area (Å²) in [5.41, 5.74) is 0. The summed E-state index contributed by atoms with van der Waals surface area (Å²) in [6.45, 7) is 0. The molecule has 0 aromatic heterocycles. The van der Waals surface area contributed by atoms with Crippen LogP contribution in [0.15, 0.2) is 4.76 Å². The molecule has 0 saturated heterocycles. The van der Waals surface area contributed by atoms with Crippen molar-refractivity contribution < 1.29 is 4.57 Å². The molecule has 0 radical (unpaired) electrons. The van der Waals surface area contributed by atoms with Crippen LogP contribution in [0.4, 0.5) is 0 Å². The number of thiocarbonyl (C=S) groups is 1. The molecule has 1 unspecified atom stereocenters. The van der Waals surface area contributed by atoms with Crippen molar-refractivity contribution >= 4 is 26.0 Å². The van der Waals surface area contributed by atoms with E-state index in [4.69, 9.17) is 0 Å². The second-order valence-corrected chi connectivity index (χ2v) is 0.883. The third kappa shape index (κ3) is 9.13. The van der Waals surface area contributed by atoms with Gasteiger partial charge in [0.1, 0.15) is 5.16 Å². The SMILES string of the molecule is N.O=[PH+]N=C=S. The molecule has 0 aliphatic rings. The molecule has 0 heterocycles. The van der Waals surface area contributed by atoms with Gasteiger partial charge in [-0.05, 0) is 16.8 Å². The average Bonchev–Trinajstić information content (AvgIpc) is 1.41. The van der Waals surface area contributed by atoms with E-state index in [9.17, 15) is 4.57 Å². The number of hydrogen-bond acceptors (Lipinski definition) is 3. The van der Waals surface area contributed by atoms with Crippen LogP contribution < -0.4 is 6.15 Å². The molecular formula is CH4N2OPS+. The lowest BCUT2D eigenvalue weighted by Crippen LogP contribution is -1.20. The fourth-order valence-corrected chi connectivity index (χ4v) is 0.168. The van der Waals surface area contributed by atoms with Crippen LogP contribution in [0.25, 0.3) is 0 Å². The molecule has 0 rings (SSSR count). The predicted octanol–water partition coefficient (Wildman–Crippen LogP) is 1.19. The number of hydrogen-bond donors (Lipinski definition) is 1.